The van der Waals surface area contributed by atoms with Gasteiger partial charge < -0.3 is 0 Å². The van der Waals surface area contributed by atoms with Gasteiger partial charge in [-0.1, -0.05) is 47.5 Å². The van der Waals surface area contributed by atoms with E-state index in [4.69, 9.17) is 23.2 Å². The van der Waals surface area contributed by atoms with Crippen molar-refractivity contribution in [2.24, 2.45) is 0 Å². The molecule has 5 aromatic rings. The highest BCUT2D eigenvalue weighted by molar-refractivity contribution is 6.34. The van der Waals surface area contributed by atoms with E-state index in [2.05, 4.69) is 20.7 Å². The zero-order valence-corrected chi connectivity index (χ0v) is 18.1. The summed E-state index contributed by atoms with van der Waals surface area (Å²) in [5, 5.41) is 13.9. The Morgan fingerprint density at radius 1 is 1.00 bits per heavy atom. The Hall–Kier alpha value is -3.75. The second-order valence-electron chi connectivity index (χ2n) is 7.05. The van der Waals surface area contributed by atoms with Crippen LogP contribution in [0.15, 0.2) is 65.6 Å². The smallest absolute Gasteiger partial charge is 0.267 e. The van der Waals surface area contributed by atoms with Crippen molar-refractivity contribution in [3.63, 3.8) is 0 Å². The first kappa shape index (κ1) is 20.2. The molecule has 8 nitrogen and oxygen atoms in total. The molecule has 2 aromatic carbocycles. The molecule has 0 aliphatic rings. The summed E-state index contributed by atoms with van der Waals surface area (Å²) in [6.45, 7) is 1.86. The van der Waals surface area contributed by atoms with Crippen LogP contribution in [0.5, 0.6) is 0 Å². The van der Waals surface area contributed by atoms with Gasteiger partial charge in [-0.2, -0.15) is 5.10 Å². The topological polar surface area (TPSA) is 94.2 Å². The number of nitrogens with one attached hydrogen (secondary N) is 1. The van der Waals surface area contributed by atoms with E-state index in [1.807, 2.05) is 19.1 Å². The Kier molecular flexibility index (Phi) is 4.88. The average Bonchev–Trinajstić information content (AvgIpc) is 3.12. The number of carbonyl (C=O) groups excluding carboxylic acids is 1. The third-order valence-electron chi connectivity index (χ3n) is 5.03. The predicted molar refractivity (Wildman–Crippen MR) is 123 cm³/mol. The van der Waals surface area contributed by atoms with Gasteiger partial charge in [0.05, 0.1) is 21.8 Å². The molecule has 0 radical (unpaired) electrons. The minimum Gasteiger partial charge on any atom is -0.267 e. The largest absolute Gasteiger partial charge is 0.299 e. The van der Waals surface area contributed by atoms with Crippen molar-refractivity contribution in [3.05, 3.63) is 92.5 Å². The van der Waals surface area contributed by atoms with Crippen LogP contribution in [-0.4, -0.2) is 30.4 Å². The Labute approximate surface area is 191 Å². The molecule has 1 N–H and O–H groups in total. The lowest BCUT2D eigenvalue weighted by Crippen LogP contribution is -2.33. The van der Waals surface area contributed by atoms with Gasteiger partial charge in [0.15, 0.2) is 11.2 Å². The molecule has 0 saturated heterocycles. The van der Waals surface area contributed by atoms with Crippen LogP contribution in [-0.2, 0) is 0 Å². The second kappa shape index (κ2) is 7.74. The summed E-state index contributed by atoms with van der Waals surface area (Å²) in [6, 6.07) is 15.5. The maximum Gasteiger partial charge on any atom is 0.299 e. The summed E-state index contributed by atoms with van der Waals surface area (Å²) in [7, 11) is 0. The lowest BCUT2D eigenvalue weighted by atomic mass is 10.1. The number of nitrogens with zero attached hydrogens (tertiary/aromatic N) is 5. The monoisotopic (exact) mass is 464 g/mol. The number of halogens is 2. The van der Waals surface area contributed by atoms with Crippen molar-refractivity contribution in [2.45, 2.75) is 6.92 Å². The van der Waals surface area contributed by atoms with Crippen LogP contribution >= 0.6 is 23.2 Å². The van der Waals surface area contributed by atoms with Gasteiger partial charge in [-0.15, -0.1) is 10.2 Å². The number of amides is 1. The number of hydrogen-bond acceptors (Lipinski definition) is 5. The molecular weight excluding hydrogens is 451 g/mol. The number of fused-ring (bicyclic) bond motifs is 3. The molecular formula is C22H14Cl2N6O2. The lowest BCUT2D eigenvalue weighted by molar-refractivity contribution is 0.101. The van der Waals surface area contributed by atoms with E-state index in [0.717, 1.165) is 21.5 Å². The van der Waals surface area contributed by atoms with E-state index >= 15 is 0 Å². The number of aryl methyl sites for hydroxylation is 1. The van der Waals surface area contributed by atoms with Crippen LogP contribution in [0.4, 0.5) is 0 Å². The van der Waals surface area contributed by atoms with Crippen LogP contribution in [0.3, 0.4) is 0 Å². The number of aromatic nitrogens is 5. The molecule has 0 spiro atoms. The van der Waals surface area contributed by atoms with E-state index < -0.39 is 11.5 Å². The van der Waals surface area contributed by atoms with Crippen molar-refractivity contribution in [1.82, 2.24) is 24.5 Å². The standard InChI is InChI=1S/C22H14Cl2N6O2/c1-12-18(13-6-8-14(23)9-7-13)20-26-25-19-17(30(20)27-12)10-11-29(22(19)32)28-21(31)15-4-2-3-5-16(15)24/h2-11H,1H3,(H,28,31). The molecule has 158 valence electrons. The first-order valence-electron chi connectivity index (χ1n) is 9.53. The minimum atomic E-state index is -0.543. The SMILES string of the molecule is Cc1nn2c(nnc3c(=O)n(NC(=O)c4ccccc4Cl)ccc32)c1-c1ccc(Cl)cc1. The maximum atomic E-state index is 13.0. The Bertz CT molecular complexity index is 1570. The minimum absolute atomic E-state index is 0.0598. The third kappa shape index (κ3) is 3.30. The quantitative estimate of drug-likeness (QED) is 0.433. The van der Waals surface area contributed by atoms with Crippen molar-refractivity contribution in [3.8, 4) is 11.1 Å². The fraction of sp³-hybridized carbons (Fsp3) is 0.0455. The molecule has 0 saturated carbocycles. The summed E-state index contributed by atoms with van der Waals surface area (Å²) in [5.41, 5.74) is 5.67. The van der Waals surface area contributed by atoms with Crippen molar-refractivity contribution < 1.29 is 4.79 Å². The fourth-order valence-corrected chi connectivity index (χ4v) is 3.86. The molecule has 0 atom stereocenters. The number of hydrogen-bond donors (Lipinski definition) is 1. The van der Waals surface area contributed by atoms with Gasteiger partial charge in [-0.25, -0.2) is 9.19 Å². The van der Waals surface area contributed by atoms with Gasteiger partial charge in [-0.3, -0.25) is 15.0 Å². The summed E-state index contributed by atoms with van der Waals surface area (Å²) in [6.07, 6.45) is 1.44. The van der Waals surface area contributed by atoms with Gasteiger partial charge >= 0.3 is 0 Å². The molecule has 0 bridgehead atoms. The van der Waals surface area contributed by atoms with Crippen LogP contribution < -0.4 is 11.0 Å². The molecule has 0 unspecified atom stereocenters. The summed E-state index contributed by atoms with van der Waals surface area (Å²) >= 11 is 12.1. The summed E-state index contributed by atoms with van der Waals surface area (Å²) in [5.74, 6) is -0.522. The molecule has 10 heteroatoms. The molecule has 1 amide bonds. The van der Waals surface area contributed by atoms with Crippen molar-refractivity contribution >= 4 is 45.8 Å². The highest BCUT2D eigenvalue weighted by Gasteiger charge is 2.18. The van der Waals surface area contributed by atoms with Crippen LogP contribution in [0.1, 0.15) is 16.1 Å². The highest BCUT2D eigenvalue weighted by Crippen LogP contribution is 2.29. The van der Waals surface area contributed by atoms with Gasteiger partial charge in [0.2, 0.25) is 0 Å². The average molecular weight is 465 g/mol. The van der Waals surface area contributed by atoms with E-state index in [9.17, 15) is 9.59 Å². The van der Waals surface area contributed by atoms with Crippen LogP contribution in [0.2, 0.25) is 10.0 Å². The molecule has 3 heterocycles. The number of carbonyl (C=O) groups is 1. The fourth-order valence-electron chi connectivity index (χ4n) is 3.51. The van der Waals surface area contributed by atoms with Crippen LogP contribution in [0, 0.1) is 6.92 Å². The van der Waals surface area contributed by atoms with Gasteiger partial charge in [-0.05, 0) is 42.8 Å². The maximum absolute atomic E-state index is 13.0. The Morgan fingerprint density at radius 2 is 1.75 bits per heavy atom. The zero-order chi connectivity index (χ0) is 22.4. The first-order valence-corrected chi connectivity index (χ1v) is 10.3. The molecule has 0 aliphatic carbocycles. The van der Waals surface area contributed by atoms with Crippen LogP contribution in [0.25, 0.3) is 27.8 Å². The Balaban J connectivity index is 1.61. The number of pyridine rings is 1. The predicted octanol–water partition coefficient (Wildman–Crippen LogP) is 4.11. The van der Waals surface area contributed by atoms with Crippen molar-refractivity contribution in [2.75, 3.05) is 5.43 Å². The zero-order valence-electron chi connectivity index (χ0n) is 16.6. The number of benzene rings is 2. The van der Waals surface area contributed by atoms with E-state index in [1.54, 1.807) is 47.0 Å². The normalized spacial score (nSPS) is 11.2. The summed E-state index contributed by atoms with van der Waals surface area (Å²) in [4.78, 5) is 25.5. The molecule has 0 fully saturated rings. The molecule has 32 heavy (non-hydrogen) atoms. The van der Waals surface area contributed by atoms with E-state index in [0.29, 0.717) is 16.2 Å². The highest BCUT2D eigenvalue weighted by atomic mass is 35.5. The first-order chi connectivity index (χ1) is 15.4. The number of rotatable bonds is 3. The van der Waals surface area contributed by atoms with E-state index in [1.165, 1.54) is 6.20 Å². The lowest BCUT2D eigenvalue weighted by Gasteiger charge is -2.10. The molecule has 3 aromatic heterocycles. The third-order valence-corrected chi connectivity index (χ3v) is 5.61. The van der Waals surface area contributed by atoms with Gasteiger partial charge in [0.1, 0.15) is 5.52 Å². The van der Waals surface area contributed by atoms with Gasteiger partial charge in [0, 0.05) is 11.2 Å². The van der Waals surface area contributed by atoms with E-state index in [-0.39, 0.29) is 16.1 Å². The molecule has 5 rings (SSSR count). The molecule has 0 aliphatic heterocycles. The second-order valence-corrected chi connectivity index (χ2v) is 7.89. The Morgan fingerprint density at radius 3 is 2.50 bits per heavy atom. The van der Waals surface area contributed by atoms with Gasteiger partial charge in [0.25, 0.3) is 11.5 Å². The summed E-state index contributed by atoms with van der Waals surface area (Å²) < 4.78 is 2.62. The van der Waals surface area contributed by atoms with Crippen molar-refractivity contribution in [1.29, 1.82) is 0 Å².